The third kappa shape index (κ3) is 4.65. The molecular formula is C20H24FN7O2. The van der Waals surface area contributed by atoms with Gasteiger partial charge >= 0.3 is 5.97 Å². The van der Waals surface area contributed by atoms with Crippen molar-refractivity contribution >= 4 is 41.0 Å². The number of nitrogens with one attached hydrogen (secondary N) is 3. The molecule has 10 heteroatoms. The van der Waals surface area contributed by atoms with Crippen molar-refractivity contribution in [2.45, 2.75) is 12.8 Å². The Morgan fingerprint density at radius 3 is 2.93 bits per heavy atom. The number of nitrogens with zero attached hydrogens (tertiary/aromatic N) is 3. The van der Waals surface area contributed by atoms with Gasteiger partial charge in [0.25, 0.3) is 0 Å². The molecule has 1 atom stereocenters. The number of nitrogens with two attached hydrogens (primary N) is 1. The molecule has 1 aromatic carbocycles. The Morgan fingerprint density at radius 2 is 2.27 bits per heavy atom. The van der Waals surface area contributed by atoms with Crippen LogP contribution in [0.4, 0.5) is 33.2 Å². The lowest BCUT2D eigenvalue weighted by molar-refractivity contribution is -0.141. The molecule has 6 N–H and O–H groups in total. The molecule has 0 amide bonds. The highest BCUT2D eigenvalue weighted by atomic mass is 19.1. The third-order valence-corrected chi connectivity index (χ3v) is 4.89. The molecule has 0 spiro atoms. The van der Waals surface area contributed by atoms with E-state index in [1.54, 1.807) is 6.08 Å². The van der Waals surface area contributed by atoms with Gasteiger partial charge in [-0.2, -0.15) is 4.98 Å². The average Bonchev–Trinajstić information content (AvgIpc) is 2.74. The summed E-state index contributed by atoms with van der Waals surface area (Å²) in [4.78, 5) is 21.6. The van der Waals surface area contributed by atoms with Crippen LogP contribution in [0.25, 0.3) is 0 Å². The summed E-state index contributed by atoms with van der Waals surface area (Å²) in [6, 6.07) is 2.76. The predicted octanol–water partition coefficient (Wildman–Crippen LogP) is 2.84. The standard InChI is InChI=1S/C20H24FN7O2/c1-2-5-24-15-8-16(14(21)7-13(15)9-22)26-20-25-10-17(18(23)27-20)28-6-3-4-12(11-28)19(29)30/h2,7-10,12,22,24H,1,3-6,11H2,(H,29,30)(H3,23,25,26,27)/t12-/m0/s1. The van der Waals surface area contributed by atoms with E-state index in [9.17, 15) is 14.3 Å². The van der Waals surface area contributed by atoms with E-state index < -0.39 is 17.7 Å². The zero-order valence-corrected chi connectivity index (χ0v) is 16.4. The van der Waals surface area contributed by atoms with Gasteiger partial charge in [0, 0.05) is 37.1 Å². The van der Waals surface area contributed by atoms with Crippen LogP contribution in [0.15, 0.2) is 31.0 Å². The van der Waals surface area contributed by atoms with E-state index >= 15 is 0 Å². The Labute approximate surface area is 173 Å². The SMILES string of the molecule is C=CCNc1cc(Nc2ncc(N3CCC[C@H](C(=O)O)C3)c(N)n2)c(F)cc1C=N. The van der Waals surface area contributed by atoms with Gasteiger partial charge in [-0.3, -0.25) is 4.79 Å². The minimum Gasteiger partial charge on any atom is -0.481 e. The van der Waals surface area contributed by atoms with Crippen LogP contribution in [0.2, 0.25) is 0 Å². The van der Waals surface area contributed by atoms with Crippen LogP contribution in [-0.2, 0) is 4.79 Å². The van der Waals surface area contributed by atoms with Crippen molar-refractivity contribution in [3.05, 3.63) is 42.4 Å². The molecule has 0 saturated carbocycles. The second-order valence-electron chi connectivity index (χ2n) is 6.95. The first-order valence-electron chi connectivity index (χ1n) is 9.49. The van der Waals surface area contributed by atoms with Crippen molar-refractivity contribution in [1.82, 2.24) is 9.97 Å². The van der Waals surface area contributed by atoms with E-state index in [1.165, 1.54) is 18.3 Å². The molecular weight excluding hydrogens is 389 g/mol. The number of rotatable bonds is 8. The quantitative estimate of drug-likeness (QED) is 0.329. The van der Waals surface area contributed by atoms with E-state index in [-0.39, 0.29) is 17.5 Å². The van der Waals surface area contributed by atoms with Gasteiger partial charge in [0.15, 0.2) is 5.82 Å². The van der Waals surface area contributed by atoms with Gasteiger partial charge in [0.05, 0.1) is 23.5 Å². The monoisotopic (exact) mass is 413 g/mol. The lowest BCUT2D eigenvalue weighted by Gasteiger charge is -2.32. The lowest BCUT2D eigenvalue weighted by Crippen LogP contribution is -2.39. The fourth-order valence-electron chi connectivity index (χ4n) is 3.35. The zero-order chi connectivity index (χ0) is 21.7. The molecule has 9 nitrogen and oxygen atoms in total. The Hall–Kier alpha value is -3.69. The van der Waals surface area contributed by atoms with Gasteiger partial charge < -0.3 is 31.8 Å². The predicted molar refractivity (Wildman–Crippen MR) is 115 cm³/mol. The summed E-state index contributed by atoms with van der Waals surface area (Å²) in [5.41, 5.74) is 7.72. The van der Waals surface area contributed by atoms with Gasteiger partial charge in [-0.15, -0.1) is 6.58 Å². The minimum atomic E-state index is -0.831. The maximum Gasteiger partial charge on any atom is 0.308 e. The number of aliphatic carboxylic acids is 1. The molecule has 0 radical (unpaired) electrons. The molecule has 0 aliphatic carbocycles. The van der Waals surface area contributed by atoms with Crippen LogP contribution in [0.5, 0.6) is 0 Å². The number of anilines is 5. The molecule has 158 valence electrons. The van der Waals surface area contributed by atoms with Crippen molar-refractivity contribution in [3.63, 3.8) is 0 Å². The maximum atomic E-state index is 14.4. The van der Waals surface area contributed by atoms with E-state index in [0.29, 0.717) is 43.0 Å². The highest BCUT2D eigenvalue weighted by molar-refractivity contribution is 5.87. The minimum absolute atomic E-state index is 0.110. The first-order chi connectivity index (χ1) is 14.4. The highest BCUT2D eigenvalue weighted by Crippen LogP contribution is 2.29. The van der Waals surface area contributed by atoms with Crippen LogP contribution in [0.3, 0.4) is 0 Å². The first kappa shape index (κ1) is 21.0. The van der Waals surface area contributed by atoms with Crippen molar-refractivity contribution in [1.29, 1.82) is 5.41 Å². The Balaban J connectivity index is 1.81. The summed E-state index contributed by atoms with van der Waals surface area (Å²) in [5, 5.41) is 22.6. The number of hydrogen-bond donors (Lipinski definition) is 5. The maximum absolute atomic E-state index is 14.4. The molecule has 1 aliphatic rings. The second kappa shape index (κ2) is 9.21. The van der Waals surface area contributed by atoms with E-state index in [1.807, 2.05) is 4.90 Å². The summed E-state index contributed by atoms with van der Waals surface area (Å²) in [5.74, 6) is -1.57. The molecule has 30 heavy (non-hydrogen) atoms. The van der Waals surface area contributed by atoms with Gasteiger partial charge in [0.2, 0.25) is 5.95 Å². The topological polar surface area (TPSA) is 140 Å². The summed E-state index contributed by atoms with van der Waals surface area (Å²) < 4.78 is 14.4. The summed E-state index contributed by atoms with van der Waals surface area (Å²) in [7, 11) is 0. The highest BCUT2D eigenvalue weighted by Gasteiger charge is 2.27. The van der Waals surface area contributed by atoms with Crippen molar-refractivity contribution in [3.8, 4) is 0 Å². The smallest absolute Gasteiger partial charge is 0.308 e. The third-order valence-electron chi connectivity index (χ3n) is 4.89. The lowest BCUT2D eigenvalue weighted by atomic mass is 9.98. The van der Waals surface area contributed by atoms with Crippen LogP contribution < -0.4 is 21.3 Å². The molecule has 1 aliphatic heterocycles. The summed E-state index contributed by atoms with van der Waals surface area (Å²) in [6.07, 6.45) is 5.59. The number of carboxylic acids is 1. The number of carbonyl (C=O) groups is 1. The van der Waals surface area contributed by atoms with Gasteiger partial charge in [-0.1, -0.05) is 6.08 Å². The average molecular weight is 413 g/mol. The van der Waals surface area contributed by atoms with E-state index in [0.717, 1.165) is 12.6 Å². The Bertz CT molecular complexity index is 966. The number of piperidine rings is 1. The van der Waals surface area contributed by atoms with Crippen LogP contribution in [0.1, 0.15) is 18.4 Å². The largest absolute Gasteiger partial charge is 0.481 e. The molecule has 3 rings (SSSR count). The number of nitrogen functional groups attached to an aromatic ring is 1. The van der Waals surface area contributed by atoms with Gasteiger partial charge in [-0.25, -0.2) is 9.37 Å². The van der Waals surface area contributed by atoms with Gasteiger partial charge in [-0.05, 0) is 25.0 Å². The molecule has 0 unspecified atom stereocenters. The van der Waals surface area contributed by atoms with Crippen molar-refractivity contribution in [2.24, 2.45) is 5.92 Å². The fourth-order valence-corrected chi connectivity index (χ4v) is 3.35. The van der Waals surface area contributed by atoms with Gasteiger partial charge in [0.1, 0.15) is 5.82 Å². The normalized spacial score (nSPS) is 16.0. The fraction of sp³-hybridized carbons (Fsp3) is 0.300. The molecule has 1 aromatic heterocycles. The molecule has 0 bridgehead atoms. The van der Waals surface area contributed by atoms with E-state index in [4.69, 9.17) is 11.1 Å². The summed E-state index contributed by atoms with van der Waals surface area (Å²) >= 11 is 0. The number of carboxylic acid groups (broad SMARTS) is 1. The number of aromatic nitrogens is 2. The number of benzene rings is 1. The number of halogens is 1. The van der Waals surface area contributed by atoms with E-state index in [2.05, 4.69) is 27.2 Å². The molecule has 1 fully saturated rings. The van der Waals surface area contributed by atoms with Crippen LogP contribution >= 0.6 is 0 Å². The number of hydrogen-bond acceptors (Lipinski definition) is 8. The van der Waals surface area contributed by atoms with Crippen molar-refractivity contribution in [2.75, 3.05) is 40.9 Å². The molecule has 2 aromatic rings. The Kier molecular flexibility index (Phi) is 6.45. The Morgan fingerprint density at radius 1 is 1.47 bits per heavy atom. The summed E-state index contributed by atoms with van der Waals surface area (Å²) in [6.45, 7) is 5.10. The molecule has 2 heterocycles. The van der Waals surface area contributed by atoms with Crippen molar-refractivity contribution < 1.29 is 14.3 Å². The van der Waals surface area contributed by atoms with Crippen LogP contribution in [0, 0.1) is 17.1 Å². The second-order valence-corrected chi connectivity index (χ2v) is 6.95. The zero-order valence-electron chi connectivity index (χ0n) is 16.4. The molecule has 1 saturated heterocycles. The first-order valence-corrected chi connectivity index (χ1v) is 9.49. The van der Waals surface area contributed by atoms with Crippen LogP contribution in [-0.4, -0.2) is 46.9 Å².